The molecule has 0 saturated heterocycles. The average Bonchev–Trinajstić information content (AvgIpc) is 3.42. The summed E-state index contributed by atoms with van der Waals surface area (Å²) in [6.45, 7) is 2.53. The Bertz CT molecular complexity index is 727. The summed E-state index contributed by atoms with van der Waals surface area (Å²) < 4.78 is 0. The van der Waals surface area contributed by atoms with Crippen molar-refractivity contribution in [3.8, 4) is 0 Å². The fourth-order valence-electron chi connectivity index (χ4n) is 2.13. The average molecular weight is 360 g/mol. The van der Waals surface area contributed by atoms with Crippen LogP contribution >= 0.6 is 0 Å². The lowest BCUT2D eigenvalue weighted by Gasteiger charge is -2.15. The number of hydrogen-bond donors (Lipinski definition) is 5. The van der Waals surface area contributed by atoms with Crippen molar-refractivity contribution in [2.24, 2.45) is 28.1 Å². The van der Waals surface area contributed by atoms with Crippen LogP contribution in [0.1, 0.15) is 36.7 Å². The van der Waals surface area contributed by atoms with Crippen LogP contribution in [0, 0.1) is 5.92 Å². The molecule has 0 aliphatic heterocycles. The van der Waals surface area contributed by atoms with Crippen molar-refractivity contribution < 1.29 is 9.59 Å². The van der Waals surface area contributed by atoms with E-state index >= 15 is 0 Å². The minimum Gasteiger partial charge on any atom is -0.403 e. The molecule has 1 heterocycles. The van der Waals surface area contributed by atoms with Crippen LogP contribution in [0.2, 0.25) is 0 Å². The van der Waals surface area contributed by atoms with Gasteiger partial charge in [0.25, 0.3) is 5.91 Å². The number of nitrogens with one attached hydrogen (secondary N) is 2. The number of amides is 2. The molecule has 140 valence electrons. The van der Waals surface area contributed by atoms with Gasteiger partial charge in [-0.3, -0.25) is 14.6 Å². The third-order valence-corrected chi connectivity index (χ3v) is 3.81. The van der Waals surface area contributed by atoms with Gasteiger partial charge in [0.2, 0.25) is 5.91 Å². The van der Waals surface area contributed by atoms with Crippen LogP contribution in [0.5, 0.6) is 0 Å². The molecule has 1 aliphatic rings. The number of aromatic nitrogens is 2. The number of anilines is 2. The first-order valence-electron chi connectivity index (χ1n) is 8.36. The van der Waals surface area contributed by atoms with Gasteiger partial charge in [-0.15, -0.1) is 0 Å². The maximum Gasteiger partial charge on any atom is 0.271 e. The highest BCUT2D eigenvalue weighted by Crippen LogP contribution is 2.28. The number of nitrogens with two attached hydrogens (primary N) is 3. The molecule has 0 aromatic carbocycles. The molecule has 1 aromatic heterocycles. The number of primary amides is 2. The second kappa shape index (κ2) is 8.79. The highest BCUT2D eigenvalue weighted by molar-refractivity contribution is 5.97. The Morgan fingerprint density at radius 3 is 2.69 bits per heavy atom. The Morgan fingerprint density at radius 2 is 2.15 bits per heavy atom. The van der Waals surface area contributed by atoms with Crippen molar-refractivity contribution in [3.63, 3.8) is 0 Å². The lowest BCUT2D eigenvalue weighted by atomic mass is 10.2. The maximum atomic E-state index is 11.6. The molecule has 26 heavy (non-hydrogen) atoms. The van der Waals surface area contributed by atoms with Crippen molar-refractivity contribution in [2.45, 2.75) is 32.2 Å². The van der Waals surface area contributed by atoms with Gasteiger partial charge < -0.3 is 27.8 Å². The molecule has 0 unspecified atom stereocenters. The molecule has 1 aromatic rings. The monoisotopic (exact) mass is 360 g/mol. The summed E-state index contributed by atoms with van der Waals surface area (Å²) in [4.78, 5) is 35.5. The Labute approximate surface area is 151 Å². The van der Waals surface area contributed by atoms with E-state index in [1.54, 1.807) is 13.1 Å². The van der Waals surface area contributed by atoms with Gasteiger partial charge in [-0.1, -0.05) is 6.92 Å². The van der Waals surface area contributed by atoms with Crippen molar-refractivity contribution in [1.82, 2.24) is 9.97 Å². The van der Waals surface area contributed by atoms with E-state index in [2.05, 4.69) is 25.6 Å². The zero-order chi connectivity index (χ0) is 19.1. The predicted molar refractivity (Wildman–Crippen MR) is 99.4 cm³/mol. The molecule has 0 spiro atoms. The van der Waals surface area contributed by atoms with E-state index in [0.717, 1.165) is 6.54 Å². The van der Waals surface area contributed by atoms with Crippen LogP contribution in [0.4, 0.5) is 11.6 Å². The van der Waals surface area contributed by atoms with E-state index in [1.165, 1.54) is 25.2 Å². The molecule has 10 nitrogen and oxygen atoms in total. The highest BCUT2D eigenvalue weighted by atomic mass is 16.1. The third-order valence-electron chi connectivity index (χ3n) is 3.81. The minimum atomic E-state index is -0.750. The standard InChI is InChI=1S/C16H24N8O2/c1-2-11(14(18)25)23-12-8-21-13(15(19)26)16(24-12)22-10(5-17)7-20-6-9-3-4-9/h5,7-9,11H,2-4,6,17H2,1H3,(H2,18,25)(H2,19,26)(H2,22,23,24)/t11-/m1/s1. The number of hydrogen-bond acceptors (Lipinski definition) is 8. The van der Waals surface area contributed by atoms with Crippen molar-refractivity contribution in [3.05, 3.63) is 23.8 Å². The molecule has 1 saturated carbocycles. The molecule has 0 radical (unpaired) electrons. The third kappa shape index (κ3) is 5.43. The smallest absolute Gasteiger partial charge is 0.271 e. The number of aliphatic imine (C=N–C) groups is 1. The fraction of sp³-hybridized carbons (Fsp3) is 0.438. The summed E-state index contributed by atoms with van der Waals surface area (Å²) in [6, 6.07) is -0.610. The zero-order valence-electron chi connectivity index (χ0n) is 14.6. The summed E-state index contributed by atoms with van der Waals surface area (Å²) in [7, 11) is 0. The van der Waals surface area contributed by atoms with Gasteiger partial charge in [0, 0.05) is 19.0 Å². The van der Waals surface area contributed by atoms with Gasteiger partial charge >= 0.3 is 0 Å². The van der Waals surface area contributed by atoms with E-state index in [0.29, 0.717) is 18.0 Å². The number of allylic oxidation sites excluding steroid dienone is 1. The van der Waals surface area contributed by atoms with E-state index in [1.807, 2.05) is 0 Å². The van der Waals surface area contributed by atoms with Gasteiger partial charge in [-0.25, -0.2) is 9.97 Å². The Kier molecular flexibility index (Phi) is 6.48. The summed E-state index contributed by atoms with van der Waals surface area (Å²) in [5, 5.41) is 5.76. The van der Waals surface area contributed by atoms with E-state index < -0.39 is 17.9 Å². The first-order valence-corrected chi connectivity index (χ1v) is 8.36. The molecule has 0 bridgehead atoms. The topological polar surface area (TPSA) is 174 Å². The van der Waals surface area contributed by atoms with Gasteiger partial charge in [-0.05, 0) is 25.2 Å². The zero-order valence-corrected chi connectivity index (χ0v) is 14.6. The molecule has 1 atom stereocenters. The van der Waals surface area contributed by atoms with Gasteiger partial charge in [0.1, 0.15) is 11.9 Å². The van der Waals surface area contributed by atoms with Crippen molar-refractivity contribution >= 4 is 29.7 Å². The van der Waals surface area contributed by atoms with Crippen LogP contribution < -0.4 is 27.8 Å². The number of nitrogens with zero attached hydrogens (tertiary/aromatic N) is 3. The molecule has 1 aliphatic carbocycles. The van der Waals surface area contributed by atoms with Gasteiger partial charge in [0.15, 0.2) is 11.5 Å². The molecule has 8 N–H and O–H groups in total. The van der Waals surface area contributed by atoms with Crippen molar-refractivity contribution in [2.75, 3.05) is 17.2 Å². The normalized spacial score (nSPS) is 15.7. The van der Waals surface area contributed by atoms with Crippen LogP contribution in [0.3, 0.4) is 0 Å². The molecule has 1 fully saturated rings. The molecular formula is C16H24N8O2. The fourth-order valence-corrected chi connectivity index (χ4v) is 2.13. The second-order valence-electron chi connectivity index (χ2n) is 6.01. The summed E-state index contributed by atoms with van der Waals surface area (Å²) in [5.41, 5.74) is 16.7. The quantitative estimate of drug-likeness (QED) is 0.363. The number of carbonyl (C=O) groups is 2. The second-order valence-corrected chi connectivity index (χ2v) is 6.01. The van der Waals surface area contributed by atoms with Gasteiger partial charge in [0.05, 0.1) is 11.9 Å². The van der Waals surface area contributed by atoms with Gasteiger partial charge in [-0.2, -0.15) is 0 Å². The first kappa shape index (κ1) is 19.2. The minimum absolute atomic E-state index is 0.0578. The molecule has 10 heteroatoms. The Hall–Kier alpha value is -3.17. The largest absolute Gasteiger partial charge is 0.403 e. The van der Waals surface area contributed by atoms with Crippen LogP contribution in [-0.4, -0.2) is 40.6 Å². The number of rotatable bonds is 10. The van der Waals surface area contributed by atoms with Crippen LogP contribution in [0.25, 0.3) is 0 Å². The Morgan fingerprint density at radius 1 is 1.42 bits per heavy atom. The maximum absolute atomic E-state index is 11.6. The van der Waals surface area contributed by atoms with Crippen LogP contribution in [-0.2, 0) is 4.79 Å². The molecule has 2 amide bonds. The SMILES string of the molecule is CC[C@@H](Nc1cnc(C(N)=O)c(NC(C=NCC2CC2)=CN)n1)C(N)=O. The molecule has 2 rings (SSSR count). The lowest BCUT2D eigenvalue weighted by molar-refractivity contribution is -0.118. The lowest BCUT2D eigenvalue weighted by Crippen LogP contribution is -2.35. The summed E-state index contributed by atoms with van der Waals surface area (Å²) in [5.74, 6) is -0.248. The van der Waals surface area contributed by atoms with E-state index in [4.69, 9.17) is 17.2 Å². The van der Waals surface area contributed by atoms with Crippen LogP contribution in [0.15, 0.2) is 23.1 Å². The summed E-state index contributed by atoms with van der Waals surface area (Å²) >= 11 is 0. The highest BCUT2D eigenvalue weighted by Gasteiger charge is 2.20. The predicted octanol–water partition coefficient (Wildman–Crippen LogP) is -0.0559. The first-order chi connectivity index (χ1) is 12.4. The molecular weight excluding hydrogens is 336 g/mol. The Balaban J connectivity index is 2.19. The number of carbonyl (C=O) groups excluding carboxylic acids is 2. The van der Waals surface area contributed by atoms with E-state index in [9.17, 15) is 9.59 Å². The summed E-state index contributed by atoms with van der Waals surface area (Å²) in [6.07, 6.45) is 7.04. The van der Waals surface area contributed by atoms with E-state index in [-0.39, 0.29) is 17.3 Å². The van der Waals surface area contributed by atoms with Crippen molar-refractivity contribution in [1.29, 1.82) is 0 Å².